The molecule has 1 aromatic carbocycles. The van der Waals surface area contributed by atoms with Crippen LogP contribution >= 0.6 is 0 Å². The van der Waals surface area contributed by atoms with Gasteiger partial charge in [0, 0.05) is 5.69 Å². The summed E-state index contributed by atoms with van der Waals surface area (Å²) >= 11 is 0. The first-order valence-corrected chi connectivity index (χ1v) is 9.83. The Kier molecular flexibility index (Phi) is 7.36. The minimum absolute atomic E-state index is 0.382. The van der Waals surface area contributed by atoms with Crippen LogP contribution in [-0.2, 0) is 25.5 Å². The van der Waals surface area contributed by atoms with E-state index in [9.17, 15) is 19.2 Å². The van der Waals surface area contributed by atoms with Gasteiger partial charge in [-0.1, -0.05) is 32.9 Å². The molecule has 1 aromatic rings. The zero-order valence-electron chi connectivity index (χ0n) is 17.4. The highest BCUT2D eigenvalue weighted by atomic mass is 16.5. The largest absolute Gasteiger partial charge is 0.454 e. The maximum atomic E-state index is 12.6. The smallest absolute Gasteiger partial charge is 0.326 e. The number of hydrogen-bond donors (Lipinski definition) is 2. The molecule has 0 bridgehead atoms. The van der Waals surface area contributed by atoms with Crippen LogP contribution in [0.5, 0.6) is 0 Å². The van der Waals surface area contributed by atoms with Crippen LogP contribution < -0.4 is 10.6 Å². The molecule has 2 N–H and O–H groups in total. The van der Waals surface area contributed by atoms with Crippen molar-refractivity contribution in [1.82, 2.24) is 10.2 Å². The van der Waals surface area contributed by atoms with Crippen molar-refractivity contribution in [2.24, 2.45) is 5.92 Å². The lowest BCUT2D eigenvalue weighted by Crippen LogP contribution is -2.44. The molecule has 8 heteroatoms. The van der Waals surface area contributed by atoms with Crippen LogP contribution in [0.1, 0.15) is 46.1 Å². The third kappa shape index (κ3) is 6.04. The minimum Gasteiger partial charge on any atom is -0.454 e. The van der Waals surface area contributed by atoms with E-state index in [-0.39, 0.29) is 0 Å². The molecule has 0 aromatic heterocycles. The first-order valence-electron chi connectivity index (χ1n) is 9.83. The van der Waals surface area contributed by atoms with E-state index in [0.29, 0.717) is 18.0 Å². The van der Waals surface area contributed by atoms with Crippen molar-refractivity contribution in [3.05, 3.63) is 29.8 Å². The number of esters is 1. The Bertz CT molecular complexity index is 775. The summed E-state index contributed by atoms with van der Waals surface area (Å²) in [4.78, 5) is 49.5. The van der Waals surface area contributed by atoms with Crippen molar-refractivity contribution < 1.29 is 23.9 Å². The van der Waals surface area contributed by atoms with E-state index in [1.54, 1.807) is 19.1 Å². The van der Waals surface area contributed by atoms with Gasteiger partial charge in [-0.2, -0.15) is 0 Å². The fourth-order valence-electron chi connectivity index (χ4n) is 2.98. The van der Waals surface area contributed by atoms with E-state index in [1.165, 1.54) is 0 Å². The number of aryl methyl sites for hydroxylation is 1. The number of imide groups is 1. The third-order valence-corrected chi connectivity index (χ3v) is 4.86. The molecule has 0 unspecified atom stereocenters. The molecule has 1 aliphatic rings. The fourth-order valence-corrected chi connectivity index (χ4v) is 2.98. The minimum atomic E-state index is -1.02. The van der Waals surface area contributed by atoms with Gasteiger partial charge in [0.05, 0.1) is 0 Å². The van der Waals surface area contributed by atoms with Gasteiger partial charge in [0.15, 0.2) is 6.61 Å². The highest BCUT2D eigenvalue weighted by molar-refractivity contribution is 6.08. The summed E-state index contributed by atoms with van der Waals surface area (Å²) in [6, 6.07) is 6.71. The van der Waals surface area contributed by atoms with Crippen molar-refractivity contribution in [1.29, 1.82) is 0 Å². The van der Waals surface area contributed by atoms with Crippen LogP contribution in [0, 0.1) is 5.92 Å². The Morgan fingerprint density at radius 2 is 1.86 bits per heavy atom. The Balaban J connectivity index is 1.82. The molecule has 0 saturated carbocycles. The van der Waals surface area contributed by atoms with Crippen LogP contribution in [0.15, 0.2) is 24.3 Å². The van der Waals surface area contributed by atoms with E-state index >= 15 is 0 Å². The van der Waals surface area contributed by atoms with Crippen LogP contribution in [0.4, 0.5) is 10.5 Å². The number of ether oxygens (including phenoxy) is 1. The standard InChI is InChI=1S/C21H29N3O5/c1-5-15-6-8-16(9-7-15)22-17(25)13-29-18(26)12-24-19(27)21(4,23-20(24)28)11-10-14(2)3/h6-9,14H,5,10-13H2,1-4H3,(H,22,25)(H,23,28)/t21-/m1/s1. The number of amides is 4. The number of hydrogen-bond acceptors (Lipinski definition) is 5. The van der Waals surface area contributed by atoms with E-state index in [0.717, 1.165) is 23.3 Å². The lowest BCUT2D eigenvalue weighted by atomic mass is 9.92. The lowest BCUT2D eigenvalue weighted by molar-refractivity contribution is -0.150. The molecule has 1 saturated heterocycles. The Hall–Kier alpha value is -2.90. The molecular weight excluding hydrogens is 374 g/mol. The van der Waals surface area contributed by atoms with Gasteiger partial charge in [-0.15, -0.1) is 0 Å². The summed E-state index contributed by atoms with van der Waals surface area (Å²) in [6.45, 7) is 6.72. The summed E-state index contributed by atoms with van der Waals surface area (Å²) in [7, 11) is 0. The second-order valence-electron chi connectivity index (χ2n) is 7.85. The summed E-state index contributed by atoms with van der Waals surface area (Å²) < 4.78 is 4.92. The molecule has 0 spiro atoms. The molecule has 1 fully saturated rings. The van der Waals surface area contributed by atoms with Gasteiger partial charge in [0.25, 0.3) is 11.8 Å². The average Bonchev–Trinajstić information content (AvgIpc) is 2.89. The molecule has 158 valence electrons. The van der Waals surface area contributed by atoms with Gasteiger partial charge < -0.3 is 15.4 Å². The predicted molar refractivity (Wildman–Crippen MR) is 108 cm³/mol. The van der Waals surface area contributed by atoms with E-state index in [4.69, 9.17) is 4.74 Å². The molecule has 0 aliphatic carbocycles. The van der Waals surface area contributed by atoms with Crippen molar-refractivity contribution in [3.8, 4) is 0 Å². The maximum absolute atomic E-state index is 12.6. The Morgan fingerprint density at radius 1 is 1.21 bits per heavy atom. The normalized spacial score (nSPS) is 18.7. The summed E-state index contributed by atoms with van der Waals surface area (Å²) in [5.74, 6) is -1.40. The van der Waals surface area contributed by atoms with E-state index in [1.807, 2.05) is 32.9 Å². The van der Waals surface area contributed by atoms with Crippen molar-refractivity contribution in [2.75, 3.05) is 18.5 Å². The van der Waals surface area contributed by atoms with Gasteiger partial charge >= 0.3 is 12.0 Å². The molecule has 2 rings (SSSR count). The van der Waals surface area contributed by atoms with Gasteiger partial charge in [-0.05, 0) is 49.8 Å². The number of nitrogens with one attached hydrogen (secondary N) is 2. The number of anilines is 1. The average molecular weight is 403 g/mol. The van der Waals surface area contributed by atoms with Gasteiger partial charge in [-0.3, -0.25) is 19.3 Å². The fraction of sp³-hybridized carbons (Fsp3) is 0.524. The van der Waals surface area contributed by atoms with Crippen LogP contribution in [-0.4, -0.2) is 47.4 Å². The van der Waals surface area contributed by atoms with Crippen molar-refractivity contribution in [3.63, 3.8) is 0 Å². The number of rotatable bonds is 9. The third-order valence-electron chi connectivity index (χ3n) is 4.86. The van der Waals surface area contributed by atoms with E-state index < -0.39 is 42.5 Å². The number of carbonyl (C=O) groups excluding carboxylic acids is 4. The van der Waals surface area contributed by atoms with E-state index in [2.05, 4.69) is 10.6 Å². The molecule has 29 heavy (non-hydrogen) atoms. The number of carbonyl (C=O) groups is 4. The highest BCUT2D eigenvalue weighted by Crippen LogP contribution is 2.24. The lowest BCUT2D eigenvalue weighted by Gasteiger charge is -2.22. The second-order valence-corrected chi connectivity index (χ2v) is 7.85. The highest BCUT2D eigenvalue weighted by Gasteiger charge is 2.48. The molecule has 1 atom stereocenters. The van der Waals surface area contributed by atoms with Crippen LogP contribution in [0.25, 0.3) is 0 Å². The van der Waals surface area contributed by atoms with Gasteiger partial charge in [-0.25, -0.2) is 4.79 Å². The molecule has 4 amide bonds. The summed E-state index contributed by atoms with van der Waals surface area (Å²) in [5.41, 5.74) is 0.713. The molecule has 1 heterocycles. The quantitative estimate of drug-likeness (QED) is 0.487. The van der Waals surface area contributed by atoms with Gasteiger partial charge in [0.2, 0.25) is 0 Å². The Labute approximate surface area is 171 Å². The monoisotopic (exact) mass is 403 g/mol. The summed E-state index contributed by atoms with van der Waals surface area (Å²) in [5, 5.41) is 5.27. The van der Waals surface area contributed by atoms with Crippen molar-refractivity contribution >= 4 is 29.5 Å². The molecule has 1 aliphatic heterocycles. The molecule has 0 radical (unpaired) electrons. The van der Waals surface area contributed by atoms with Crippen LogP contribution in [0.3, 0.4) is 0 Å². The first-order chi connectivity index (χ1) is 13.6. The summed E-state index contributed by atoms with van der Waals surface area (Å²) in [6.07, 6.45) is 2.14. The van der Waals surface area contributed by atoms with Gasteiger partial charge in [0.1, 0.15) is 12.1 Å². The van der Waals surface area contributed by atoms with Crippen LogP contribution in [0.2, 0.25) is 0 Å². The SMILES string of the molecule is CCc1ccc(NC(=O)COC(=O)CN2C(=O)N[C@](C)(CCC(C)C)C2=O)cc1. The van der Waals surface area contributed by atoms with Crippen molar-refractivity contribution in [2.45, 2.75) is 52.5 Å². The Morgan fingerprint density at radius 3 is 2.45 bits per heavy atom. The topological polar surface area (TPSA) is 105 Å². The maximum Gasteiger partial charge on any atom is 0.326 e. The zero-order chi connectivity index (χ0) is 21.6. The first kappa shape index (κ1) is 22.4. The number of nitrogens with zero attached hydrogens (tertiary/aromatic N) is 1. The number of benzene rings is 1. The second kappa shape index (κ2) is 9.54. The molecule has 8 nitrogen and oxygen atoms in total. The number of urea groups is 1. The zero-order valence-corrected chi connectivity index (χ0v) is 17.4. The predicted octanol–water partition coefficient (Wildman–Crippen LogP) is 2.48. The molecular formula is C21H29N3O5.